The van der Waals surface area contributed by atoms with Crippen LogP contribution in [0.4, 0.5) is 5.69 Å². The van der Waals surface area contributed by atoms with E-state index in [9.17, 15) is 14.4 Å². The summed E-state index contributed by atoms with van der Waals surface area (Å²) >= 11 is 1.39. The number of nitrogens with zero attached hydrogens (tertiary/aromatic N) is 1. The number of piperidine rings is 1. The molecular weight excluding hydrogens is 316 g/mol. The van der Waals surface area contributed by atoms with Crippen molar-refractivity contribution in [1.29, 1.82) is 0 Å². The zero-order valence-electron chi connectivity index (χ0n) is 12.5. The SMILES string of the molecule is O=C(O)[C@@H]1CCCN(C(=O)C[C@@H]2Sc3ccccc3NC2=O)C1. The summed E-state index contributed by atoms with van der Waals surface area (Å²) in [5.41, 5.74) is 0.773. The predicted molar refractivity (Wildman–Crippen MR) is 86.3 cm³/mol. The average Bonchev–Trinajstić information content (AvgIpc) is 2.55. The Morgan fingerprint density at radius 2 is 2.13 bits per heavy atom. The number of amides is 2. The van der Waals surface area contributed by atoms with Crippen molar-refractivity contribution in [2.45, 2.75) is 29.4 Å². The lowest BCUT2D eigenvalue weighted by molar-refractivity contribution is -0.146. The monoisotopic (exact) mass is 334 g/mol. The standard InChI is InChI=1S/C16H18N2O4S/c19-14(18-7-3-4-10(9-18)16(21)22)8-13-15(20)17-11-5-1-2-6-12(11)23-13/h1-2,5-6,10,13H,3-4,7-9H2,(H,17,20)(H,21,22)/t10-,13+/m1/s1. The molecule has 0 spiro atoms. The highest BCUT2D eigenvalue weighted by atomic mass is 32.2. The van der Waals surface area contributed by atoms with Crippen molar-refractivity contribution in [1.82, 2.24) is 4.90 Å². The first kappa shape index (κ1) is 15.9. The number of rotatable bonds is 3. The van der Waals surface area contributed by atoms with Crippen molar-refractivity contribution in [3.05, 3.63) is 24.3 Å². The molecule has 2 heterocycles. The Hall–Kier alpha value is -2.02. The molecule has 0 unspecified atom stereocenters. The van der Waals surface area contributed by atoms with Gasteiger partial charge in [0.15, 0.2) is 0 Å². The van der Waals surface area contributed by atoms with Gasteiger partial charge in [0, 0.05) is 24.4 Å². The van der Waals surface area contributed by atoms with E-state index in [1.807, 2.05) is 24.3 Å². The maximum absolute atomic E-state index is 12.4. The summed E-state index contributed by atoms with van der Waals surface area (Å²) in [6.45, 7) is 0.808. The average molecular weight is 334 g/mol. The lowest BCUT2D eigenvalue weighted by Crippen LogP contribution is -2.44. The molecule has 2 aliphatic heterocycles. The van der Waals surface area contributed by atoms with Gasteiger partial charge in [-0.25, -0.2) is 0 Å². The van der Waals surface area contributed by atoms with Crippen LogP contribution in [0.15, 0.2) is 29.2 Å². The van der Waals surface area contributed by atoms with Crippen molar-refractivity contribution >= 4 is 35.2 Å². The van der Waals surface area contributed by atoms with Crippen LogP contribution in [0, 0.1) is 5.92 Å². The number of para-hydroxylation sites is 1. The summed E-state index contributed by atoms with van der Waals surface area (Å²) in [5, 5.41) is 11.5. The minimum absolute atomic E-state index is 0.0944. The third-order valence-corrected chi connectivity index (χ3v) is 5.47. The van der Waals surface area contributed by atoms with Crippen LogP contribution in [-0.2, 0) is 14.4 Å². The van der Waals surface area contributed by atoms with E-state index in [0.717, 1.165) is 10.6 Å². The van der Waals surface area contributed by atoms with Gasteiger partial charge < -0.3 is 15.3 Å². The molecule has 2 N–H and O–H groups in total. The zero-order chi connectivity index (χ0) is 16.4. The van der Waals surface area contributed by atoms with Crippen LogP contribution < -0.4 is 5.32 Å². The highest BCUT2D eigenvalue weighted by Crippen LogP contribution is 2.37. The van der Waals surface area contributed by atoms with Crippen molar-refractivity contribution in [2.75, 3.05) is 18.4 Å². The van der Waals surface area contributed by atoms with Crippen LogP contribution in [0.25, 0.3) is 0 Å². The van der Waals surface area contributed by atoms with Crippen molar-refractivity contribution < 1.29 is 19.5 Å². The summed E-state index contributed by atoms with van der Waals surface area (Å²) < 4.78 is 0. The van der Waals surface area contributed by atoms with Crippen molar-refractivity contribution in [2.24, 2.45) is 5.92 Å². The predicted octanol–water partition coefficient (Wildman–Crippen LogP) is 1.81. The molecule has 7 heteroatoms. The van der Waals surface area contributed by atoms with Crippen LogP contribution in [0.1, 0.15) is 19.3 Å². The Kier molecular flexibility index (Phi) is 4.56. The molecule has 1 fully saturated rings. The lowest BCUT2D eigenvalue weighted by Gasteiger charge is -2.32. The van der Waals surface area contributed by atoms with Gasteiger partial charge in [0.1, 0.15) is 0 Å². The third-order valence-electron chi connectivity index (χ3n) is 4.19. The van der Waals surface area contributed by atoms with E-state index in [1.54, 1.807) is 4.90 Å². The molecule has 0 aromatic heterocycles. The van der Waals surface area contributed by atoms with Gasteiger partial charge in [0.2, 0.25) is 11.8 Å². The normalized spacial score (nSPS) is 23.8. The van der Waals surface area contributed by atoms with Crippen LogP contribution >= 0.6 is 11.8 Å². The van der Waals surface area contributed by atoms with E-state index in [1.165, 1.54) is 11.8 Å². The lowest BCUT2D eigenvalue weighted by atomic mass is 9.98. The number of aliphatic carboxylic acids is 1. The number of hydrogen-bond donors (Lipinski definition) is 2. The maximum atomic E-state index is 12.4. The van der Waals surface area contributed by atoms with Crippen molar-refractivity contribution in [3.63, 3.8) is 0 Å². The number of carboxylic acids is 1. The van der Waals surface area contributed by atoms with Crippen LogP contribution in [-0.4, -0.2) is 46.1 Å². The summed E-state index contributed by atoms with van der Waals surface area (Å²) in [5.74, 6) is -1.68. The Labute approximate surface area is 138 Å². The number of hydrogen-bond acceptors (Lipinski definition) is 4. The summed E-state index contributed by atoms with van der Waals surface area (Å²) in [7, 11) is 0. The molecule has 0 saturated carbocycles. The first-order valence-corrected chi connectivity index (χ1v) is 8.49. The summed E-state index contributed by atoms with van der Waals surface area (Å²) in [6.07, 6.45) is 1.39. The van der Waals surface area contributed by atoms with Gasteiger partial charge >= 0.3 is 5.97 Å². The fraction of sp³-hybridized carbons (Fsp3) is 0.438. The van der Waals surface area contributed by atoms with E-state index in [0.29, 0.717) is 19.4 Å². The van der Waals surface area contributed by atoms with Gasteiger partial charge in [-0.1, -0.05) is 12.1 Å². The smallest absolute Gasteiger partial charge is 0.308 e. The number of fused-ring (bicyclic) bond motifs is 1. The molecule has 2 atom stereocenters. The molecule has 3 rings (SSSR count). The Morgan fingerprint density at radius 3 is 2.91 bits per heavy atom. The fourth-order valence-corrected chi connectivity index (χ4v) is 4.02. The molecule has 1 aromatic carbocycles. The Morgan fingerprint density at radius 1 is 1.35 bits per heavy atom. The summed E-state index contributed by atoms with van der Waals surface area (Å²) in [4.78, 5) is 38.2. The quantitative estimate of drug-likeness (QED) is 0.880. The largest absolute Gasteiger partial charge is 0.481 e. The molecule has 122 valence electrons. The summed E-state index contributed by atoms with van der Waals surface area (Å²) in [6, 6.07) is 7.49. The number of carboxylic acid groups (broad SMARTS) is 1. The van der Waals surface area contributed by atoms with E-state index in [-0.39, 0.29) is 24.8 Å². The van der Waals surface area contributed by atoms with E-state index >= 15 is 0 Å². The Bertz CT molecular complexity index is 649. The number of anilines is 1. The van der Waals surface area contributed by atoms with E-state index in [4.69, 9.17) is 5.11 Å². The second-order valence-corrected chi connectivity index (χ2v) is 7.06. The minimum atomic E-state index is -0.860. The van der Waals surface area contributed by atoms with E-state index < -0.39 is 17.1 Å². The first-order chi connectivity index (χ1) is 11.0. The molecule has 0 aliphatic carbocycles. The topological polar surface area (TPSA) is 86.7 Å². The van der Waals surface area contributed by atoms with Gasteiger partial charge in [-0.3, -0.25) is 14.4 Å². The van der Waals surface area contributed by atoms with Crippen molar-refractivity contribution in [3.8, 4) is 0 Å². The number of thioether (sulfide) groups is 1. The number of benzene rings is 1. The molecule has 1 aromatic rings. The highest BCUT2D eigenvalue weighted by Gasteiger charge is 2.33. The van der Waals surface area contributed by atoms with Gasteiger partial charge in [-0.15, -0.1) is 11.8 Å². The van der Waals surface area contributed by atoms with Crippen LogP contribution in [0.3, 0.4) is 0 Å². The molecule has 6 nitrogen and oxygen atoms in total. The Balaban J connectivity index is 1.64. The molecule has 2 aliphatic rings. The molecule has 0 bridgehead atoms. The first-order valence-electron chi connectivity index (χ1n) is 7.61. The van der Waals surface area contributed by atoms with Crippen LogP contribution in [0.5, 0.6) is 0 Å². The number of likely N-dealkylation sites (tertiary alicyclic amines) is 1. The second kappa shape index (κ2) is 6.62. The van der Waals surface area contributed by atoms with Gasteiger partial charge in [0.05, 0.1) is 16.9 Å². The number of carbonyl (C=O) groups is 3. The maximum Gasteiger partial charge on any atom is 0.308 e. The molecule has 23 heavy (non-hydrogen) atoms. The fourth-order valence-electron chi connectivity index (χ4n) is 2.92. The highest BCUT2D eigenvalue weighted by molar-refractivity contribution is 8.01. The van der Waals surface area contributed by atoms with Gasteiger partial charge in [-0.2, -0.15) is 0 Å². The number of carbonyl (C=O) groups excluding carboxylic acids is 2. The number of nitrogens with one attached hydrogen (secondary N) is 1. The molecule has 0 radical (unpaired) electrons. The molecule has 2 amide bonds. The van der Waals surface area contributed by atoms with E-state index in [2.05, 4.69) is 5.32 Å². The zero-order valence-corrected chi connectivity index (χ0v) is 13.3. The van der Waals surface area contributed by atoms with Gasteiger partial charge in [-0.05, 0) is 25.0 Å². The second-order valence-electron chi connectivity index (χ2n) is 5.81. The minimum Gasteiger partial charge on any atom is -0.481 e. The third kappa shape index (κ3) is 3.50. The molecular formula is C16H18N2O4S. The van der Waals surface area contributed by atoms with Crippen LogP contribution in [0.2, 0.25) is 0 Å². The van der Waals surface area contributed by atoms with Gasteiger partial charge in [0.25, 0.3) is 0 Å². The molecule has 1 saturated heterocycles.